The third-order valence-electron chi connectivity index (χ3n) is 7.92. The van der Waals surface area contributed by atoms with Crippen LogP contribution in [0.25, 0.3) is 11.1 Å². The minimum atomic E-state index is -0.629. The second-order valence-corrected chi connectivity index (χ2v) is 10.4. The highest BCUT2D eigenvalue weighted by atomic mass is 16.5. The Hall–Kier alpha value is -3.92. The SMILES string of the molecule is COc1c(Nc2cc(NC(=O)C3CC3)ncc2C(N)=O)cccc1-c1cnn(C2CC[C@]23CCCCO3)c1. The van der Waals surface area contributed by atoms with Gasteiger partial charge in [0.05, 0.1) is 41.9 Å². The van der Waals surface area contributed by atoms with Crippen LogP contribution in [0.1, 0.15) is 61.3 Å². The van der Waals surface area contributed by atoms with Crippen molar-refractivity contribution in [2.45, 2.75) is 56.6 Å². The molecule has 2 amide bonds. The first-order valence-corrected chi connectivity index (χ1v) is 13.2. The maximum Gasteiger partial charge on any atom is 0.252 e. The van der Waals surface area contributed by atoms with Crippen molar-refractivity contribution in [1.82, 2.24) is 14.8 Å². The third kappa shape index (κ3) is 4.49. The van der Waals surface area contributed by atoms with E-state index in [1.165, 1.54) is 12.6 Å². The van der Waals surface area contributed by atoms with E-state index in [-0.39, 0.29) is 29.0 Å². The van der Waals surface area contributed by atoms with Gasteiger partial charge in [-0.05, 0) is 51.0 Å². The molecule has 1 aromatic carbocycles. The summed E-state index contributed by atoms with van der Waals surface area (Å²) in [5, 5.41) is 10.8. The Bertz CT molecular complexity index is 1380. The first-order chi connectivity index (χ1) is 18.5. The van der Waals surface area contributed by atoms with Crippen molar-refractivity contribution in [3.63, 3.8) is 0 Å². The second-order valence-electron chi connectivity index (χ2n) is 10.4. The van der Waals surface area contributed by atoms with Gasteiger partial charge in [-0.1, -0.05) is 12.1 Å². The summed E-state index contributed by atoms with van der Waals surface area (Å²) in [6.45, 7) is 0.820. The van der Waals surface area contributed by atoms with Crippen LogP contribution in [0.4, 0.5) is 17.2 Å². The summed E-state index contributed by atoms with van der Waals surface area (Å²) in [5.41, 5.74) is 8.58. The van der Waals surface area contributed by atoms with E-state index in [1.807, 2.05) is 29.1 Å². The third-order valence-corrected chi connectivity index (χ3v) is 7.92. The topological polar surface area (TPSA) is 133 Å². The van der Waals surface area contributed by atoms with Gasteiger partial charge in [0.2, 0.25) is 5.91 Å². The highest BCUT2D eigenvalue weighted by Crippen LogP contribution is 2.50. The summed E-state index contributed by atoms with van der Waals surface area (Å²) in [5.74, 6) is 0.279. The molecule has 1 saturated heterocycles. The van der Waals surface area contributed by atoms with Crippen molar-refractivity contribution in [2.75, 3.05) is 24.4 Å². The van der Waals surface area contributed by atoms with Crippen molar-refractivity contribution in [2.24, 2.45) is 11.7 Å². The number of nitrogens with two attached hydrogens (primary N) is 1. The second kappa shape index (κ2) is 9.75. The molecule has 10 heteroatoms. The number of benzene rings is 1. The summed E-state index contributed by atoms with van der Waals surface area (Å²) in [7, 11) is 1.61. The number of amides is 2. The van der Waals surface area contributed by atoms with Gasteiger partial charge in [-0.15, -0.1) is 0 Å². The van der Waals surface area contributed by atoms with Crippen molar-refractivity contribution >= 4 is 29.0 Å². The average Bonchev–Trinajstić information content (AvgIpc) is 3.67. The Labute approximate surface area is 220 Å². The van der Waals surface area contributed by atoms with E-state index < -0.39 is 5.91 Å². The summed E-state index contributed by atoms with van der Waals surface area (Å²) in [6, 6.07) is 7.60. The summed E-state index contributed by atoms with van der Waals surface area (Å²) in [4.78, 5) is 28.6. The zero-order valence-electron chi connectivity index (χ0n) is 21.4. The number of primary amides is 1. The molecule has 0 radical (unpaired) electrons. The number of methoxy groups -OCH3 is 1. The fourth-order valence-corrected chi connectivity index (χ4v) is 5.58. The Morgan fingerprint density at radius 1 is 1.16 bits per heavy atom. The number of hydrogen-bond acceptors (Lipinski definition) is 7. The molecular weight excluding hydrogens is 484 g/mol. The molecule has 3 aromatic rings. The predicted molar refractivity (Wildman–Crippen MR) is 142 cm³/mol. The fourth-order valence-electron chi connectivity index (χ4n) is 5.58. The number of hydrogen-bond donors (Lipinski definition) is 3. The molecule has 1 spiro atoms. The maximum absolute atomic E-state index is 12.2. The molecule has 2 aromatic heterocycles. The summed E-state index contributed by atoms with van der Waals surface area (Å²) >= 11 is 0. The normalized spacial score (nSPS) is 22.5. The Balaban J connectivity index is 1.29. The first-order valence-electron chi connectivity index (χ1n) is 13.2. The van der Waals surface area contributed by atoms with Gasteiger partial charge in [-0.2, -0.15) is 5.10 Å². The number of carbonyl (C=O) groups is 2. The van der Waals surface area contributed by atoms with Gasteiger partial charge >= 0.3 is 0 Å². The quantitative estimate of drug-likeness (QED) is 0.404. The average molecular weight is 517 g/mol. The van der Waals surface area contributed by atoms with E-state index in [1.54, 1.807) is 13.2 Å². The summed E-state index contributed by atoms with van der Waals surface area (Å²) < 4.78 is 14.1. The lowest BCUT2D eigenvalue weighted by molar-refractivity contribution is -0.165. The van der Waals surface area contributed by atoms with Crippen LogP contribution in [0.15, 0.2) is 42.9 Å². The van der Waals surface area contributed by atoms with Crippen LogP contribution in [0.5, 0.6) is 5.75 Å². The standard InChI is InChI=1S/C28H32N6O4/c1-37-25-19(18-14-31-34(16-18)23-9-11-28(23)10-2-3-12-38-28)5-4-6-21(25)32-22-13-24(30-15-20(22)26(29)35)33-27(36)17-7-8-17/h4-6,13-17,23H,2-3,7-12H2,1H3,(H2,29,35)(H2,30,32,33,36)/t23?,28-/m1/s1. The largest absolute Gasteiger partial charge is 0.494 e. The molecule has 2 aliphatic carbocycles. The van der Waals surface area contributed by atoms with Gasteiger partial charge in [0.25, 0.3) is 5.91 Å². The van der Waals surface area contributed by atoms with Crippen LogP contribution in [-0.4, -0.2) is 45.9 Å². The Kier molecular flexibility index (Phi) is 6.27. The molecular formula is C28H32N6O4. The molecule has 3 heterocycles. The molecule has 198 valence electrons. The fraction of sp³-hybridized carbons (Fsp3) is 0.429. The highest BCUT2D eigenvalue weighted by Gasteiger charge is 2.50. The van der Waals surface area contributed by atoms with Gasteiger partial charge < -0.3 is 25.8 Å². The molecule has 2 atom stereocenters. The van der Waals surface area contributed by atoms with Gasteiger partial charge in [0.1, 0.15) is 11.6 Å². The molecule has 2 saturated carbocycles. The lowest BCUT2D eigenvalue weighted by Crippen LogP contribution is -2.52. The van der Waals surface area contributed by atoms with E-state index >= 15 is 0 Å². The van der Waals surface area contributed by atoms with E-state index in [4.69, 9.17) is 20.3 Å². The van der Waals surface area contributed by atoms with E-state index in [0.717, 1.165) is 56.3 Å². The number of ether oxygens (including phenoxy) is 2. The number of para-hydroxylation sites is 1. The van der Waals surface area contributed by atoms with Crippen molar-refractivity contribution in [3.8, 4) is 16.9 Å². The van der Waals surface area contributed by atoms with Crippen LogP contribution in [0.2, 0.25) is 0 Å². The Morgan fingerprint density at radius 3 is 2.71 bits per heavy atom. The minimum Gasteiger partial charge on any atom is -0.494 e. The number of aromatic nitrogens is 3. The van der Waals surface area contributed by atoms with Gasteiger partial charge in [0, 0.05) is 42.1 Å². The number of rotatable bonds is 8. The molecule has 1 aliphatic heterocycles. The van der Waals surface area contributed by atoms with Crippen LogP contribution < -0.4 is 21.1 Å². The lowest BCUT2D eigenvalue weighted by Gasteiger charge is -2.51. The zero-order valence-corrected chi connectivity index (χ0v) is 21.4. The van der Waals surface area contributed by atoms with Gasteiger partial charge in [-0.3, -0.25) is 14.3 Å². The molecule has 38 heavy (non-hydrogen) atoms. The Morgan fingerprint density at radius 2 is 2.03 bits per heavy atom. The van der Waals surface area contributed by atoms with Crippen LogP contribution in [0.3, 0.4) is 0 Å². The number of anilines is 3. The molecule has 3 fully saturated rings. The maximum atomic E-state index is 12.2. The monoisotopic (exact) mass is 516 g/mol. The van der Waals surface area contributed by atoms with Crippen molar-refractivity contribution in [1.29, 1.82) is 0 Å². The van der Waals surface area contributed by atoms with E-state index in [2.05, 4.69) is 21.8 Å². The molecule has 1 unspecified atom stereocenters. The van der Waals surface area contributed by atoms with Crippen LogP contribution >= 0.6 is 0 Å². The zero-order chi connectivity index (χ0) is 26.3. The van der Waals surface area contributed by atoms with Crippen molar-refractivity contribution in [3.05, 3.63) is 48.4 Å². The molecule has 3 aliphatic rings. The van der Waals surface area contributed by atoms with Crippen LogP contribution in [-0.2, 0) is 9.53 Å². The van der Waals surface area contributed by atoms with E-state index in [9.17, 15) is 9.59 Å². The van der Waals surface area contributed by atoms with E-state index in [0.29, 0.717) is 22.9 Å². The number of pyridine rings is 1. The number of carbonyl (C=O) groups excluding carboxylic acids is 2. The lowest BCUT2D eigenvalue weighted by atomic mass is 9.70. The van der Waals surface area contributed by atoms with Crippen LogP contribution in [0, 0.1) is 5.92 Å². The number of nitrogens with one attached hydrogen (secondary N) is 2. The molecule has 6 rings (SSSR count). The smallest absolute Gasteiger partial charge is 0.252 e. The predicted octanol–water partition coefficient (Wildman–Crippen LogP) is 4.42. The minimum absolute atomic E-state index is 0.0289. The number of nitrogens with zero attached hydrogens (tertiary/aromatic N) is 3. The molecule has 0 bridgehead atoms. The highest BCUT2D eigenvalue weighted by molar-refractivity contribution is 6.01. The van der Waals surface area contributed by atoms with Gasteiger partial charge in [0.15, 0.2) is 0 Å². The first kappa shape index (κ1) is 24.4. The molecule has 10 nitrogen and oxygen atoms in total. The van der Waals surface area contributed by atoms with Crippen molar-refractivity contribution < 1.29 is 19.1 Å². The van der Waals surface area contributed by atoms with Gasteiger partial charge in [-0.25, -0.2) is 4.98 Å². The molecule has 4 N–H and O–H groups in total. The summed E-state index contributed by atoms with van der Waals surface area (Å²) in [6.07, 6.45) is 12.6.